The van der Waals surface area contributed by atoms with Crippen molar-refractivity contribution in [1.82, 2.24) is 0 Å². The van der Waals surface area contributed by atoms with Gasteiger partial charge in [0.25, 0.3) is 0 Å². The monoisotopic (exact) mass is 607 g/mol. The number of aliphatic hydroxyl groups excluding tert-OH is 1. The smallest absolute Gasteiger partial charge is 0.306 e. The largest absolute Gasteiger partial charge is 0.457 e. The molecule has 1 N–H and O–H groups in total. The van der Waals surface area contributed by atoms with E-state index in [4.69, 9.17) is 9.47 Å². The van der Waals surface area contributed by atoms with Crippen molar-refractivity contribution in [2.75, 3.05) is 19.8 Å². The standard InChI is InChI=1S/C39H74O4/c1-3-5-7-9-11-13-14-15-16-17-18-19-20-21-22-23-24-25-26-27-28-30-32-34-39(41)43-38(36-40)37-42-35-33-31-29-12-10-8-6-4-2/h14-15,17-18,38,40H,3-13,16,19-37H2,1-2H3/b15-14-,18-17-. The van der Waals surface area contributed by atoms with E-state index in [0.29, 0.717) is 19.6 Å². The summed E-state index contributed by atoms with van der Waals surface area (Å²) in [5.74, 6) is -0.203. The first kappa shape index (κ1) is 41.9. The maximum Gasteiger partial charge on any atom is 0.306 e. The Hall–Kier alpha value is -1.13. The minimum Gasteiger partial charge on any atom is -0.457 e. The third kappa shape index (κ3) is 35.2. The Morgan fingerprint density at radius 3 is 1.44 bits per heavy atom. The van der Waals surface area contributed by atoms with E-state index in [2.05, 4.69) is 38.2 Å². The first-order chi connectivity index (χ1) is 21.2. The van der Waals surface area contributed by atoms with Gasteiger partial charge >= 0.3 is 5.97 Å². The maximum atomic E-state index is 12.1. The quantitative estimate of drug-likeness (QED) is 0.0443. The highest BCUT2D eigenvalue weighted by molar-refractivity contribution is 5.69. The van der Waals surface area contributed by atoms with Crippen LogP contribution >= 0.6 is 0 Å². The van der Waals surface area contributed by atoms with E-state index in [0.717, 1.165) is 25.7 Å². The molecule has 0 aliphatic rings. The lowest BCUT2D eigenvalue weighted by Crippen LogP contribution is -2.27. The molecule has 0 spiro atoms. The fourth-order valence-electron chi connectivity index (χ4n) is 5.42. The van der Waals surface area contributed by atoms with Crippen LogP contribution in [-0.2, 0) is 14.3 Å². The van der Waals surface area contributed by atoms with Gasteiger partial charge in [0.1, 0.15) is 6.10 Å². The lowest BCUT2D eigenvalue weighted by atomic mass is 10.0. The van der Waals surface area contributed by atoms with E-state index < -0.39 is 6.10 Å². The molecule has 0 saturated carbocycles. The molecule has 0 aromatic rings. The number of aliphatic hydroxyl groups is 1. The molecule has 0 fully saturated rings. The number of esters is 1. The van der Waals surface area contributed by atoms with Crippen LogP contribution in [0.3, 0.4) is 0 Å². The number of rotatable bonds is 35. The molecular weight excluding hydrogens is 532 g/mol. The molecule has 4 nitrogen and oxygen atoms in total. The number of hydrogen-bond donors (Lipinski definition) is 1. The van der Waals surface area contributed by atoms with Crippen molar-refractivity contribution >= 4 is 5.97 Å². The van der Waals surface area contributed by atoms with Crippen molar-refractivity contribution in [1.29, 1.82) is 0 Å². The molecule has 0 amide bonds. The van der Waals surface area contributed by atoms with Crippen LogP contribution in [0.25, 0.3) is 0 Å². The third-order valence-electron chi connectivity index (χ3n) is 8.28. The van der Waals surface area contributed by atoms with Gasteiger partial charge in [-0.3, -0.25) is 4.79 Å². The van der Waals surface area contributed by atoms with Crippen LogP contribution in [0, 0.1) is 0 Å². The normalized spacial score (nSPS) is 12.5. The zero-order valence-corrected chi connectivity index (χ0v) is 29.0. The highest BCUT2D eigenvalue weighted by Crippen LogP contribution is 2.14. The van der Waals surface area contributed by atoms with E-state index >= 15 is 0 Å². The molecular formula is C39H74O4. The van der Waals surface area contributed by atoms with E-state index in [1.54, 1.807) is 0 Å². The van der Waals surface area contributed by atoms with Crippen LogP contribution in [0.1, 0.15) is 194 Å². The van der Waals surface area contributed by atoms with E-state index in [-0.39, 0.29) is 12.6 Å². The second-order valence-corrected chi connectivity index (χ2v) is 12.7. The molecule has 0 saturated heterocycles. The molecule has 0 aliphatic carbocycles. The van der Waals surface area contributed by atoms with Crippen LogP contribution in [0.4, 0.5) is 0 Å². The lowest BCUT2D eigenvalue weighted by Gasteiger charge is -2.16. The Morgan fingerprint density at radius 2 is 0.977 bits per heavy atom. The van der Waals surface area contributed by atoms with Crippen LogP contribution < -0.4 is 0 Å². The Bertz CT molecular complexity index is 600. The Morgan fingerprint density at radius 1 is 0.558 bits per heavy atom. The third-order valence-corrected chi connectivity index (χ3v) is 8.28. The van der Waals surface area contributed by atoms with Gasteiger partial charge in [-0.05, 0) is 44.9 Å². The minimum absolute atomic E-state index is 0.169. The summed E-state index contributed by atoms with van der Waals surface area (Å²) >= 11 is 0. The number of allylic oxidation sites excluding steroid dienone is 4. The Labute approximate surface area is 268 Å². The predicted molar refractivity (Wildman–Crippen MR) is 187 cm³/mol. The summed E-state index contributed by atoms with van der Waals surface area (Å²) in [4.78, 5) is 12.1. The molecule has 0 aromatic heterocycles. The summed E-state index contributed by atoms with van der Waals surface area (Å²) in [6.07, 6.45) is 43.7. The van der Waals surface area contributed by atoms with Crippen LogP contribution in [0.2, 0.25) is 0 Å². The zero-order valence-electron chi connectivity index (χ0n) is 29.0. The highest BCUT2D eigenvalue weighted by Gasteiger charge is 2.13. The Balaban J connectivity index is 3.39. The fourth-order valence-corrected chi connectivity index (χ4v) is 5.42. The molecule has 1 unspecified atom stereocenters. The summed E-state index contributed by atoms with van der Waals surface area (Å²) in [5.41, 5.74) is 0. The average molecular weight is 607 g/mol. The average Bonchev–Trinajstić information content (AvgIpc) is 3.01. The first-order valence-corrected chi connectivity index (χ1v) is 18.9. The van der Waals surface area contributed by atoms with Gasteiger partial charge in [-0.2, -0.15) is 0 Å². The zero-order chi connectivity index (χ0) is 31.3. The molecule has 0 bridgehead atoms. The van der Waals surface area contributed by atoms with E-state index in [1.807, 2.05) is 0 Å². The van der Waals surface area contributed by atoms with Gasteiger partial charge in [0.2, 0.25) is 0 Å². The molecule has 0 aliphatic heterocycles. The Kier molecular flexibility index (Phi) is 36.1. The SMILES string of the molecule is CCCCCCC/C=C\C/C=C\CCCCCCCCCCCCCC(=O)OC(CO)COCCCCCCCCCC. The van der Waals surface area contributed by atoms with Crippen molar-refractivity contribution in [3.8, 4) is 0 Å². The number of carbonyl (C=O) groups is 1. The van der Waals surface area contributed by atoms with Crippen LogP contribution in [-0.4, -0.2) is 37.0 Å². The van der Waals surface area contributed by atoms with Gasteiger partial charge in [0.05, 0.1) is 13.2 Å². The predicted octanol–water partition coefficient (Wildman–Crippen LogP) is 12.0. The van der Waals surface area contributed by atoms with E-state index in [1.165, 1.54) is 148 Å². The van der Waals surface area contributed by atoms with Crippen molar-refractivity contribution in [3.63, 3.8) is 0 Å². The summed E-state index contributed by atoms with van der Waals surface area (Å²) in [5, 5.41) is 9.51. The number of unbranched alkanes of at least 4 members (excludes halogenated alkanes) is 23. The first-order valence-electron chi connectivity index (χ1n) is 18.9. The number of carbonyl (C=O) groups excluding carboxylic acids is 1. The van der Waals surface area contributed by atoms with Crippen molar-refractivity contribution < 1.29 is 19.4 Å². The van der Waals surface area contributed by atoms with Crippen LogP contribution in [0.5, 0.6) is 0 Å². The molecule has 1 atom stereocenters. The van der Waals surface area contributed by atoms with Crippen LogP contribution in [0.15, 0.2) is 24.3 Å². The van der Waals surface area contributed by atoms with Crippen molar-refractivity contribution in [3.05, 3.63) is 24.3 Å². The van der Waals surface area contributed by atoms with Crippen molar-refractivity contribution in [2.45, 2.75) is 200 Å². The maximum absolute atomic E-state index is 12.1. The van der Waals surface area contributed by atoms with Gasteiger partial charge < -0.3 is 14.6 Å². The highest BCUT2D eigenvalue weighted by atomic mass is 16.6. The minimum atomic E-state index is -0.528. The summed E-state index contributed by atoms with van der Waals surface area (Å²) in [6, 6.07) is 0. The topological polar surface area (TPSA) is 55.8 Å². The van der Waals surface area contributed by atoms with Crippen molar-refractivity contribution in [2.24, 2.45) is 0 Å². The van der Waals surface area contributed by atoms with Gasteiger partial charge in [-0.15, -0.1) is 0 Å². The summed E-state index contributed by atoms with van der Waals surface area (Å²) < 4.78 is 11.1. The van der Waals surface area contributed by atoms with E-state index in [9.17, 15) is 9.90 Å². The molecule has 4 heteroatoms. The molecule has 0 radical (unpaired) electrons. The molecule has 0 aromatic carbocycles. The fraction of sp³-hybridized carbons (Fsp3) is 0.872. The lowest BCUT2D eigenvalue weighted by molar-refractivity contribution is -0.154. The molecule has 0 heterocycles. The second-order valence-electron chi connectivity index (χ2n) is 12.7. The number of ether oxygens (including phenoxy) is 2. The molecule has 254 valence electrons. The summed E-state index contributed by atoms with van der Waals surface area (Å²) in [7, 11) is 0. The number of hydrogen-bond acceptors (Lipinski definition) is 4. The molecule has 0 rings (SSSR count). The van der Waals surface area contributed by atoms with Gasteiger partial charge in [-0.25, -0.2) is 0 Å². The van der Waals surface area contributed by atoms with Gasteiger partial charge in [-0.1, -0.05) is 167 Å². The second kappa shape index (κ2) is 37.1. The summed E-state index contributed by atoms with van der Waals surface area (Å²) in [6.45, 7) is 5.33. The van der Waals surface area contributed by atoms with Gasteiger partial charge in [0.15, 0.2) is 0 Å². The van der Waals surface area contributed by atoms with Gasteiger partial charge in [0, 0.05) is 13.0 Å². The molecule has 43 heavy (non-hydrogen) atoms.